The molecule has 6 nitrogen and oxygen atoms in total. The number of ether oxygens (including phenoxy) is 2. The zero-order valence-corrected chi connectivity index (χ0v) is 13.4. The highest BCUT2D eigenvalue weighted by atomic mass is 79.9. The van der Waals surface area contributed by atoms with Gasteiger partial charge in [0.2, 0.25) is 0 Å². The molecule has 0 aromatic heterocycles. The molecule has 2 atom stereocenters. The quantitative estimate of drug-likeness (QED) is 0.865. The molecular formula is C14H15BrFNO5. The number of morpholine rings is 1. The first kappa shape index (κ1) is 16.7. The third-order valence-corrected chi connectivity index (χ3v) is 3.86. The Hall–Kier alpha value is -1.67. The minimum atomic E-state index is -1.12. The SMILES string of the molecule is C[C@@H](Oc1ccc(F)cc1Br)C(=O)N1CCOC[C@H]1C(=O)O. The number of aliphatic carboxylic acids is 1. The van der Waals surface area contributed by atoms with Crippen molar-refractivity contribution in [2.24, 2.45) is 0 Å². The van der Waals surface area contributed by atoms with E-state index < -0.39 is 29.8 Å². The number of hydrogen-bond donors (Lipinski definition) is 1. The Morgan fingerprint density at radius 1 is 1.55 bits per heavy atom. The molecule has 1 heterocycles. The lowest BCUT2D eigenvalue weighted by Gasteiger charge is -2.34. The van der Waals surface area contributed by atoms with Gasteiger partial charge in [-0.25, -0.2) is 9.18 Å². The highest BCUT2D eigenvalue weighted by Gasteiger charge is 2.35. The number of nitrogens with zero attached hydrogens (tertiary/aromatic N) is 1. The Labute approximate surface area is 134 Å². The predicted molar refractivity (Wildman–Crippen MR) is 78.1 cm³/mol. The van der Waals surface area contributed by atoms with Crippen molar-refractivity contribution < 1.29 is 28.6 Å². The molecule has 0 aliphatic carbocycles. The number of carboxylic acids is 1. The van der Waals surface area contributed by atoms with E-state index in [0.717, 1.165) is 0 Å². The van der Waals surface area contributed by atoms with Crippen LogP contribution >= 0.6 is 15.9 Å². The molecule has 2 rings (SSSR count). The van der Waals surface area contributed by atoms with E-state index in [4.69, 9.17) is 14.6 Å². The molecule has 1 fully saturated rings. The summed E-state index contributed by atoms with van der Waals surface area (Å²) in [6.45, 7) is 1.94. The Morgan fingerprint density at radius 3 is 2.91 bits per heavy atom. The monoisotopic (exact) mass is 375 g/mol. The predicted octanol–water partition coefficient (Wildman–Crippen LogP) is 1.67. The second-order valence-electron chi connectivity index (χ2n) is 4.80. The summed E-state index contributed by atoms with van der Waals surface area (Å²) < 4.78 is 24.0. The van der Waals surface area contributed by atoms with Gasteiger partial charge in [-0.3, -0.25) is 4.79 Å². The molecule has 1 aliphatic heterocycles. The lowest BCUT2D eigenvalue weighted by Crippen LogP contribution is -2.55. The normalized spacial score (nSPS) is 19.6. The van der Waals surface area contributed by atoms with E-state index in [9.17, 15) is 14.0 Å². The van der Waals surface area contributed by atoms with Crippen LogP contribution < -0.4 is 4.74 Å². The molecule has 0 unspecified atom stereocenters. The van der Waals surface area contributed by atoms with Crippen LogP contribution in [0.5, 0.6) is 5.75 Å². The highest BCUT2D eigenvalue weighted by Crippen LogP contribution is 2.27. The van der Waals surface area contributed by atoms with Gasteiger partial charge in [-0.15, -0.1) is 0 Å². The molecule has 1 aromatic carbocycles. The second-order valence-corrected chi connectivity index (χ2v) is 5.65. The van der Waals surface area contributed by atoms with Gasteiger partial charge in [0.15, 0.2) is 12.1 Å². The van der Waals surface area contributed by atoms with Gasteiger partial charge < -0.3 is 19.5 Å². The first-order valence-electron chi connectivity index (χ1n) is 6.63. The molecule has 1 amide bonds. The fraction of sp³-hybridized carbons (Fsp3) is 0.429. The summed E-state index contributed by atoms with van der Waals surface area (Å²) in [5.41, 5.74) is 0. The van der Waals surface area contributed by atoms with Gasteiger partial charge in [0.05, 0.1) is 17.7 Å². The van der Waals surface area contributed by atoms with Gasteiger partial charge in [0, 0.05) is 6.54 Å². The van der Waals surface area contributed by atoms with Crippen LogP contribution in [0.4, 0.5) is 4.39 Å². The van der Waals surface area contributed by atoms with E-state index in [1.807, 2.05) is 0 Å². The molecule has 8 heteroatoms. The average molecular weight is 376 g/mol. The van der Waals surface area contributed by atoms with Gasteiger partial charge in [-0.1, -0.05) is 0 Å². The lowest BCUT2D eigenvalue weighted by molar-refractivity contribution is -0.161. The van der Waals surface area contributed by atoms with Crippen molar-refractivity contribution in [3.05, 3.63) is 28.5 Å². The molecular weight excluding hydrogens is 361 g/mol. The third kappa shape index (κ3) is 3.75. The summed E-state index contributed by atoms with van der Waals surface area (Å²) in [5, 5.41) is 9.14. The van der Waals surface area contributed by atoms with Crippen LogP contribution in [0.15, 0.2) is 22.7 Å². The number of carbonyl (C=O) groups excluding carboxylic acids is 1. The summed E-state index contributed by atoms with van der Waals surface area (Å²) in [6.07, 6.45) is -0.901. The van der Waals surface area contributed by atoms with Gasteiger partial charge in [-0.05, 0) is 41.1 Å². The number of benzene rings is 1. The van der Waals surface area contributed by atoms with Gasteiger partial charge in [0.1, 0.15) is 11.6 Å². The fourth-order valence-electron chi connectivity index (χ4n) is 2.12. The van der Waals surface area contributed by atoms with Crippen molar-refractivity contribution in [2.75, 3.05) is 19.8 Å². The number of halogens is 2. The van der Waals surface area contributed by atoms with Crippen molar-refractivity contribution in [2.45, 2.75) is 19.1 Å². The van der Waals surface area contributed by atoms with Gasteiger partial charge in [-0.2, -0.15) is 0 Å². The van der Waals surface area contributed by atoms with E-state index in [2.05, 4.69) is 15.9 Å². The Morgan fingerprint density at radius 2 is 2.27 bits per heavy atom. The summed E-state index contributed by atoms with van der Waals surface area (Å²) in [4.78, 5) is 24.8. The van der Waals surface area contributed by atoms with Gasteiger partial charge >= 0.3 is 5.97 Å². The maximum atomic E-state index is 13.0. The lowest BCUT2D eigenvalue weighted by atomic mass is 10.2. The van der Waals surface area contributed by atoms with E-state index in [-0.39, 0.29) is 19.8 Å². The van der Waals surface area contributed by atoms with Crippen LogP contribution in [0.3, 0.4) is 0 Å². The summed E-state index contributed by atoms with van der Waals surface area (Å²) in [7, 11) is 0. The maximum Gasteiger partial charge on any atom is 0.328 e. The zero-order chi connectivity index (χ0) is 16.3. The first-order valence-corrected chi connectivity index (χ1v) is 7.42. The second kappa shape index (κ2) is 7.06. The minimum Gasteiger partial charge on any atom is -0.480 e. The zero-order valence-electron chi connectivity index (χ0n) is 11.8. The molecule has 1 aliphatic rings. The Bertz CT molecular complexity index is 582. The van der Waals surface area contributed by atoms with Crippen molar-refractivity contribution in [3.63, 3.8) is 0 Å². The van der Waals surface area contributed by atoms with E-state index in [1.165, 1.54) is 30.0 Å². The summed E-state index contributed by atoms with van der Waals surface area (Å²) in [5.74, 6) is -1.70. The van der Waals surface area contributed by atoms with Crippen LogP contribution in [0, 0.1) is 5.82 Å². The standard InChI is InChI=1S/C14H15BrFNO5/c1-8(22-12-3-2-9(16)6-10(12)15)13(18)17-4-5-21-7-11(17)14(19)20/h2-3,6,8,11H,4-5,7H2,1H3,(H,19,20)/t8-,11+/m1/s1. The van der Waals surface area contributed by atoms with Crippen LogP contribution in [0.1, 0.15) is 6.92 Å². The van der Waals surface area contributed by atoms with E-state index >= 15 is 0 Å². The highest BCUT2D eigenvalue weighted by molar-refractivity contribution is 9.10. The molecule has 1 aromatic rings. The van der Waals surface area contributed by atoms with Crippen molar-refractivity contribution >= 4 is 27.8 Å². The topological polar surface area (TPSA) is 76.1 Å². The third-order valence-electron chi connectivity index (χ3n) is 3.24. The number of carbonyl (C=O) groups is 2. The molecule has 22 heavy (non-hydrogen) atoms. The summed E-state index contributed by atoms with van der Waals surface area (Å²) in [6, 6.07) is 2.81. The first-order chi connectivity index (χ1) is 10.4. The summed E-state index contributed by atoms with van der Waals surface area (Å²) >= 11 is 3.15. The van der Waals surface area contributed by atoms with Crippen LogP contribution in [0.2, 0.25) is 0 Å². The number of rotatable bonds is 4. The Balaban J connectivity index is 2.09. The van der Waals surface area contributed by atoms with Crippen LogP contribution in [0.25, 0.3) is 0 Å². The number of amides is 1. The molecule has 0 bridgehead atoms. The minimum absolute atomic E-state index is 0.0476. The van der Waals surface area contributed by atoms with Crippen LogP contribution in [-0.2, 0) is 14.3 Å². The Kier molecular flexibility index (Phi) is 5.36. The number of carboxylic acid groups (broad SMARTS) is 1. The fourth-order valence-corrected chi connectivity index (χ4v) is 2.56. The molecule has 0 spiro atoms. The van der Waals surface area contributed by atoms with Crippen molar-refractivity contribution in [3.8, 4) is 5.75 Å². The largest absolute Gasteiger partial charge is 0.480 e. The number of hydrogen-bond acceptors (Lipinski definition) is 4. The molecule has 1 N–H and O–H groups in total. The molecule has 0 radical (unpaired) electrons. The molecule has 1 saturated heterocycles. The molecule has 120 valence electrons. The van der Waals surface area contributed by atoms with Gasteiger partial charge in [0.25, 0.3) is 5.91 Å². The average Bonchev–Trinajstić information content (AvgIpc) is 2.49. The van der Waals surface area contributed by atoms with Crippen molar-refractivity contribution in [1.82, 2.24) is 4.90 Å². The smallest absolute Gasteiger partial charge is 0.328 e. The van der Waals surface area contributed by atoms with Crippen LogP contribution in [-0.4, -0.2) is 53.8 Å². The van der Waals surface area contributed by atoms with E-state index in [1.54, 1.807) is 0 Å². The maximum absolute atomic E-state index is 13.0. The molecule has 0 saturated carbocycles. The van der Waals surface area contributed by atoms with Crippen molar-refractivity contribution in [1.29, 1.82) is 0 Å². The van der Waals surface area contributed by atoms with E-state index in [0.29, 0.717) is 10.2 Å².